The van der Waals surface area contributed by atoms with E-state index in [1.807, 2.05) is 29.0 Å². The fourth-order valence-electron chi connectivity index (χ4n) is 3.06. The van der Waals surface area contributed by atoms with Gasteiger partial charge in [0.15, 0.2) is 5.13 Å². The van der Waals surface area contributed by atoms with E-state index in [2.05, 4.69) is 9.97 Å². The first-order valence-electron chi connectivity index (χ1n) is 9.22. The zero-order valence-electron chi connectivity index (χ0n) is 16.1. The summed E-state index contributed by atoms with van der Waals surface area (Å²) in [7, 11) is 1.62. The van der Waals surface area contributed by atoms with Gasteiger partial charge in [-0.05, 0) is 42.8 Å². The number of thiazole rings is 1. The van der Waals surface area contributed by atoms with E-state index in [0.29, 0.717) is 27.3 Å². The van der Waals surface area contributed by atoms with Crippen molar-refractivity contribution in [1.29, 1.82) is 0 Å². The second-order valence-corrected chi connectivity index (χ2v) is 8.42. The van der Waals surface area contributed by atoms with Crippen LogP contribution in [0.4, 0.5) is 5.13 Å². The fourth-order valence-corrected chi connectivity index (χ4v) is 4.45. The van der Waals surface area contributed by atoms with Crippen molar-refractivity contribution < 1.29 is 9.53 Å². The predicted octanol–water partition coefficient (Wildman–Crippen LogP) is 5.55. The molecule has 30 heavy (non-hydrogen) atoms. The van der Waals surface area contributed by atoms with Crippen LogP contribution in [0.15, 0.2) is 55.1 Å². The molecule has 9 heteroatoms. The molecule has 0 aliphatic carbocycles. The minimum atomic E-state index is -0.237. The van der Waals surface area contributed by atoms with E-state index < -0.39 is 0 Å². The van der Waals surface area contributed by atoms with Crippen molar-refractivity contribution in [1.82, 2.24) is 14.5 Å². The van der Waals surface area contributed by atoms with Gasteiger partial charge in [-0.15, -0.1) is 0 Å². The number of aryl methyl sites for hydroxylation is 1. The molecule has 0 radical (unpaired) electrons. The summed E-state index contributed by atoms with van der Waals surface area (Å²) in [6.07, 6.45) is 6.10. The number of hydrogen-bond donors (Lipinski definition) is 0. The molecule has 154 valence electrons. The van der Waals surface area contributed by atoms with E-state index in [-0.39, 0.29) is 5.91 Å². The average molecular weight is 461 g/mol. The molecule has 0 aliphatic rings. The van der Waals surface area contributed by atoms with Crippen LogP contribution in [0.5, 0.6) is 5.75 Å². The number of carbonyl (C=O) groups is 1. The SMILES string of the molecule is COc1ccc2nc(N(CCCn3ccnc3)C(=O)c3cc(Cl)ccc3Cl)sc2c1. The first kappa shape index (κ1) is 20.7. The number of rotatable bonds is 7. The fraction of sp³-hybridized carbons (Fsp3) is 0.190. The monoisotopic (exact) mass is 460 g/mol. The average Bonchev–Trinajstić information content (AvgIpc) is 3.41. The number of halogens is 2. The molecule has 0 saturated carbocycles. The molecule has 2 aromatic heterocycles. The second-order valence-electron chi connectivity index (χ2n) is 6.57. The van der Waals surface area contributed by atoms with Gasteiger partial charge in [-0.25, -0.2) is 9.97 Å². The number of fused-ring (bicyclic) bond motifs is 1. The zero-order chi connectivity index (χ0) is 21.1. The summed E-state index contributed by atoms with van der Waals surface area (Å²) in [5.74, 6) is 0.507. The molecule has 4 rings (SSSR count). The Balaban J connectivity index is 1.67. The molecule has 0 aliphatic heterocycles. The third-order valence-electron chi connectivity index (χ3n) is 4.58. The van der Waals surface area contributed by atoms with Gasteiger partial charge in [0, 0.05) is 30.5 Å². The number of amides is 1. The first-order valence-corrected chi connectivity index (χ1v) is 10.8. The van der Waals surface area contributed by atoms with Crippen LogP contribution in [0.1, 0.15) is 16.8 Å². The van der Waals surface area contributed by atoms with Gasteiger partial charge in [0.2, 0.25) is 0 Å². The van der Waals surface area contributed by atoms with E-state index in [4.69, 9.17) is 27.9 Å². The highest BCUT2D eigenvalue weighted by molar-refractivity contribution is 7.22. The quantitative estimate of drug-likeness (QED) is 0.362. The highest BCUT2D eigenvalue weighted by Gasteiger charge is 2.23. The van der Waals surface area contributed by atoms with Crippen molar-refractivity contribution in [2.75, 3.05) is 18.6 Å². The molecule has 2 aromatic carbocycles. The topological polar surface area (TPSA) is 60.2 Å². The number of aromatic nitrogens is 3. The number of nitrogens with zero attached hydrogens (tertiary/aromatic N) is 4. The lowest BCUT2D eigenvalue weighted by atomic mass is 10.2. The first-order chi connectivity index (χ1) is 14.5. The van der Waals surface area contributed by atoms with Crippen molar-refractivity contribution >= 4 is 55.8 Å². The molecule has 2 heterocycles. The van der Waals surface area contributed by atoms with Gasteiger partial charge in [0.25, 0.3) is 5.91 Å². The van der Waals surface area contributed by atoms with Crippen LogP contribution in [0, 0.1) is 0 Å². The van der Waals surface area contributed by atoms with Crippen LogP contribution >= 0.6 is 34.5 Å². The maximum absolute atomic E-state index is 13.4. The summed E-state index contributed by atoms with van der Waals surface area (Å²) in [6, 6.07) is 10.5. The number of anilines is 1. The van der Waals surface area contributed by atoms with E-state index in [0.717, 1.165) is 28.9 Å². The van der Waals surface area contributed by atoms with Crippen LogP contribution in [0.3, 0.4) is 0 Å². The third kappa shape index (κ3) is 4.43. The van der Waals surface area contributed by atoms with Crippen molar-refractivity contribution in [3.8, 4) is 5.75 Å². The van der Waals surface area contributed by atoms with Gasteiger partial charge in [-0.1, -0.05) is 34.5 Å². The van der Waals surface area contributed by atoms with Gasteiger partial charge in [-0.3, -0.25) is 9.69 Å². The minimum absolute atomic E-state index is 0.237. The molecule has 0 fully saturated rings. The van der Waals surface area contributed by atoms with Gasteiger partial charge < -0.3 is 9.30 Å². The standard InChI is InChI=1S/C21H18Cl2N4O2S/c1-29-15-4-6-18-19(12-15)30-21(25-18)27(9-2-8-26-10-7-24-13-26)20(28)16-11-14(22)3-5-17(16)23/h3-7,10-13H,2,8-9H2,1H3. The van der Waals surface area contributed by atoms with Gasteiger partial charge in [-0.2, -0.15) is 0 Å². The van der Waals surface area contributed by atoms with Crippen molar-refractivity contribution in [2.24, 2.45) is 0 Å². The predicted molar refractivity (Wildman–Crippen MR) is 121 cm³/mol. The largest absolute Gasteiger partial charge is 0.497 e. The summed E-state index contributed by atoms with van der Waals surface area (Å²) in [5, 5.41) is 1.41. The Kier molecular flexibility index (Phi) is 6.22. The summed E-state index contributed by atoms with van der Waals surface area (Å²) < 4.78 is 8.21. The minimum Gasteiger partial charge on any atom is -0.497 e. The molecule has 0 atom stereocenters. The lowest BCUT2D eigenvalue weighted by Gasteiger charge is -2.20. The highest BCUT2D eigenvalue weighted by atomic mass is 35.5. The normalized spacial score (nSPS) is 11.0. The van der Waals surface area contributed by atoms with Gasteiger partial charge in [0.05, 0.1) is 34.2 Å². The summed E-state index contributed by atoms with van der Waals surface area (Å²) in [6.45, 7) is 1.20. The Morgan fingerprint density at radius 3 is 2.87 bits per heavy atom. The van der Waals surface area contributed by atoms with E-state index in [1.165, 1.54) is 11.3 Å². The number of carbonyl (C=O) groups excluding carboxylic acids is 1. The zero-order valence-corrected chi connectivity index (χ0v) is 18.4. The van der Waals surface area contributed by atoms with Gasteiger partial charge >= 0.3 is 0 Å². The smallest absolute Gasteiger partial charge is 0.261 e. The molecule has 0 N–H and O–H groups in total. The number of benzene rings is 2. The molecule has 0 unspecified atom stereocenters. The molecular formula is C21H18Cl2N4O2S. The second kappa shape index (κ2) is 9.04. The maximum Gasteiger partial charge on any atom is 0.261 e. The Labute approximate surface area is 187 Å². The van der Waals surface area contributed by atoms with Crippen LogP contribution in [0.2, 0.25) is 10.0 Å². The van der Waals surface area contributed by atoms with Crippen LogP contribution in [0.25, 0.3) is 10.2 Å². The molecule has 0 saturated heterocycles. The van der Waals surface area contributed by atoms with Gasteiger partial charge in [0.1, 0.15) is 5.75 Å². The van der Waals surface area contributed by atoms with Crippen LogP contribution in [-0.2, 0) is 6.54 Å². The molecule has 0 bridgehead atoms. The summed E-state index contributed by atoms with van der Waals surface area (Å²) in [4.78, 5) is 23.8. The van der Waals surface area contributed by atoms with Crippen molar-refractivity contribution in [3.05, 3.63) is 70.7 Å². The lowest BCUT2D eigenvalue weighted by Crippen LogP contribution is -2.32. The number of imidazole rings is 1. The third-order valence-corrected chi connectivity index (χ3v) is 6.18. The molecule has 1 amide bonds. The number of methoxy groups -OCH3 is 1. The highest BCUT2D eigenvalue weighted by Crippen LogP contribution is 2.33. The van der Waals surface area contributed by atoms with E-state index in [1.54, 1.807) is 42.7 Å². The van der Waals surface area contributed by atoms with Crippen molar-refractivity contribution in [2.45, 2.75) is 13.0 Å². The lowest BCUT2D eigenvalue weighted by molar-refractivity contribution is 0.0986. The Morgan fingerprint density at radius 2 is 2.10 bits per heavy atom. The number of hydrogen-bond acceptors (Lipinski definition) is 5. The summed E-state index contributed by atoms with van der Waals surface area (Å²) in [5.41, 5.74) is 1.16. The molecule has 4 aromatic rings. The molecule has 0 spiro atoms. The maximum atomic E-state index is 13.4. The Morgan fingerprint density at radius 1 is 1.23 bits per heavy atom. The van der Waals surface area contributed by atoms with Crippen LogP contribution < -0.4 is 9.64 Å². The number of ether oxygens (including phenoxy) is 1. The Hall–Kier alpha value is -2.61. The molecule has 6 nitrogen and oxygen atoms in total. The molecular weight excluding hydrogens is 443 g/mol. The summed E-state index contributed by atoms with van der Waals surface area (Å²) >= 11 is 13.9. The van der Waals surface area contributed by atoms with Crippen molar-refractivity contribution in [3.63, 3.8) is 0 Å². The van der Waals surface area contributed by atoms with E-state index >= 15 is 0 Å². The Bertz CT molecular complexity index is 1180. The van der Waals surface area contributed by atoms with E-state index in [9.17, 15) is 4.79 Å². The van der Waals surface area contributed by atoms with Crippen LogP contribution in [-0.4, -0.2) is 34.1 Å².